The first-order chi connectivity index (χ1) is 18.0. The second-order valence-corrected chi connectivity index (χ2v) is 9.40. The molecule has 0 aromatic heterocycles. The van der Waals surface area contributed by atoms with Crippen molar-refractivity contribution >= 4 is 17.4 Å². The molecule has 2 aromatic rings. The van der Waals surface area contributed by atoms with E-state index in [9.17, 15) is 13.7 Å². The Morgan fingerprint density at radius 3 is 2.73 bits per heavy atom. The smallest absolute Gasteiger partial charge is 0.222 e. The van der Waals surface area contributed by atoms with Crippen LogP contribution in [0.15, 0.2) is 71.6 Å². The fourth-order valence-corrected chi connectivity index (χ4v) is 5.29. The molecule has 8 nitrogen and oxygen atoms in total. The highest BCUT2D eigenvalue weighted by atomic mass is 19.2. The van der Waals surface area contributed by atoms with E-state index in [1.165, 1.54) is 17.8 Å². The molecule has 3 aliphatic heterocycles. The molecular formula is C27H30F2N6O2. The van der Waals surface area contributed by atoms with Crippen LogP contribution in [0.2, 0.25) is 0 Å². The average Bonchev–Trinajstić information content (AvgIpc) is 3.50. The van der Waals surface area contributed by atoms with Crippen molar-refractivity contribution in [2.45, 2.75) is 38.5 Å². The molecule has 0 bridgehead atoms. The molecule has 5 rings (SSSR count). The molecule has 1 fully saturated rings. The number of halogens is 2. The Morgan fingerprint density at radius 2 is 2.05 bits per heavy atom. The number of amides is 1. The Hall–Kier alpha value is -3.76. The van der Waals surface area contributed by atoms with Gasteiger partial charge in [0.05, 0.1) is 5.70 Å². The first-order valence-corrected chi connectivity index (χ1v) is 12.4. The SMILES string of the molecule is CCC(CN1CCCC1=O)C1NC(c2ccc(C(ONF)c3cccc(F)c3)cc2)=C2C(N)=NC=CN21. The highest BCUT2D eigenvalue weighted by Crippen LogP contribution is 2.35. The number of carbonyl (C=O) groups is 1. The molecule has 0 saturated carbocycles. The molecule has 3 heterocycles. The molecule has 37 heavy (non-hydrogen) atoms. The van der Waals surface area contributed by atoms with Gasteiger partial charge in [-0.05, 0) is 47.4 Å². The normalized spacial score (nSPS) is 20.7. The second kappa shape index (κ2) is 10.7. The molecule has 1 amide bonds. The summed E-state index contributed by atoms with van der Waals surface area (Å²) in [6.45, 7) is 3.57. The van der Waals surface area contributed by atoms with Gasteiger partial charge in [-0.2, -0.15) is 0 Å². The largest absolute Gasteiger partial charge is 0.382 e. The monoisotopic (exact) mass is 508 g/mol. The van der Waals surface area contributed by atoms with Crippen LogP contribution in [0, 0.1) is 11.7 Å². The lowest BCUT2D eigenvalue weighted by Gasteiger charge is -2.34. The van der Waals surface area contributed by atoms with Crippen LogP contribution in [-0.2, 0) is 9.63 Å². The fraction of sp³-hybridized carbons (Fsp3) is 0.333. The molecule has 3 atom stereocenters. The summed E-state index contributed by atoms with van der Waals surface area (Å²) in [5.41, 5.74) is 11.1. The number of rotatable bonds is 9. The number of hydrogen-bond donors (Lipinski definition) is 3. The molecule has 4 N–H and O–H groups in total. The van der Waals surface area contributed by atoms with Crippen molar-refractivity contribution in [2.24, 2.45) is 16.6 Å². The predicted octanol–water partition coefficient (Wildman–Crippen LogP) is 3.71. The third kappa shape index (κ3) is 4.94. The quantitative estimate of drug-likeness (QED) is 0.353. The molecule has 2 aromatic carbocycles. The topological polar surface area (TPSA) is 95.2 Å². The molecule has 0 aliphatic carbocycles. The maximum atomic E-state index is 13.8. The fourth-order valence-electron chi connectivity index (χ4n) is 5.29. The van der Waals surface area contributed by atoms with Crippen molar-refractivity contribution in [3.05, 3.63) is 89.1 Å². The standard InChI is InChI=1S/C27H30F2N6O2/c1-2-17(16-34-13-4-7-22(34)36)27-32-23(24-26(30)31-12-14-35(24)27)18-8-10-19(11-9-18)25(37-33-29)20-5-3-6-21(28)15-20/h3,5-6,8-12,14-15,17,25,27,32-33H,2,4,7,13,16H2,1H3,(H2,30,31). The van der Waals surface area contributed by atoms with E-state index in [1.807, 2.05) is 23.2 Å². The predicted molar refractivity (Wildman–Crippen MR) is 136 cm³/mol. The summed E-state index contributed by atoms with van der Waals surface area (Å²) in [6, 6.07) is 13.2. The van der Waals surface area contributed by atoms with Gasteiger partial charge in [0.1, 0.15) is 29.6 Å². The molecule has 3 unspecified atom stereocenters. The first kappa shape index (κ1) is 24.9. The van der Waals surface area contributed by atoms with Crippen molar-refractivity contribution in [2.75, 3.05) is 13.1 Å². The summed E-state index contributed by atoms with van der Waals surface area (Å²) < 4.78 is 26.7. The Balaban J connectivity index is 1.43. The van der Waals surface area contributed by atoms with Gasteiger partial charge < -0.3 is 20.9 Å². The molecular weight excluding hydrogens is 478 g/mol. The lowest BCUT2D eigenvalue weighted by molar-refractivity contribution is -0.128. The van der Waals surface area contributed by atoms with Crippen LogP contribution in [0.4, 0.5) is 8.87 Å². The third-order valence-corrected chi connectivity index (χ3v) is 7.18. The minimum Gasteiger partial charge on any atom is -0.382 e. The third-order valence-electron chi connectivity index (χ3n) is 7.18. The van der Waals surface area contributed by atoms with E-state index in [0.29, 0.717) is 29.9 Å². The van der Waals surface area contributed by atoms with Crippen molar-refractivity contribution in [1.82, 2.24) is 20.8 Å². The van der Waals surface area contributed by atoms with Gasteiger partial charge in [0, 0.05) is 37.8 Å². The van der Waals surface area contributed by atoms with Crippen LogP contribution in [0.5, 0.6) is 0 Å². The highest BCUT2D eigenvalue weighted by molar-refractivity contribution is 6.05. The Kier molecular flexibility index (Phi) is 7.20. The highest BCUT2D eigenvalue weighted by Gasteiger charge is 2.39. The van der Waals surface area contributed by atoms with Gasteiger partial charge in [-0.15, -0.1) is 4.48 Å². The lowest BCUT2D eigenvalue weighted by atomic mass is 9.99. The molecule has 0 spiro atoms. The molecule has 3 aliphatic rings. The maximum Gasteiger partial charge on any atom is 0.222 e. The van der Waals surface area contributed by atoms with E-state index < -0.39 is 11.9 Å². The molecule has 194 valence electrons. The van der Waals surface area contributed by atoms with Gasteiger partial charge in [-0.1, -0.05) is 43.3 Å². The number of carbonyl (C=O) groups excluding carboxylic acids is 1. The number of nitrogens with zero attached hydrogens (tertiary/aromatic N) is 3. The second-order valence-electron chi connectivity index (χ2n) is 9.40. The van der Waals surface area contributed by atoms with Crippen LogP contribution in [0.25, 0.3) is 5.70 Å². The molecule has 10 heteroatoms. The van der Waals surface area contributed by atoms with Crippen molar-refractivity contribution in [1.29, 1.82) is 0 Å². The Bertz CT molecular complexity index is 1250. The molecule has 0 radical (unpaired) electrons. The number of benzene rings is 2. The lowest BCUT2D eigenvalue weighted by Crippen LogP contribution is -2.47. The molecule has 1 saturated heterocycles. The summed E-state index contributed by atoms with van der Waals surface area (Å²) in [5, 5.41) is 3.63. The summed E-state index contributed by atoms with van der Waals surface area (Å²) in [4.78, 5) is 25.7. The number of aliphatic imine (C=N–C) groups is 1. The van der Waals surface area contributed by atoms with E-state index in [-0.39, 0.29) is 18.0 Å². The van der Waals surface area contributed by atoms with Gasteiger partial charge >= 0.3 is 0 Å². The number of fused-ring (bicyclic) bond motifs is 1. The van der Waals surface area contributed by atoms with Crippen LogP contribution < -0.4 is 16.8 Å². The summed E-state index contributed by atoms with van der Waals surface area (Å²) in [6.07, 6.45) is 5.00. The Labute approximate surface area is 214 Å². The van der Waals surface area contributed by atoms with E-state index in [4.69, 9.17) is 10.6 Å². The van der Waals surface area contributed by atoms with Gasteiger partial charge in [-0.3, -0.25) is 9.63 Å². The van der Waals surface area contributed by atoms with E-state index in [0.717, 1.165) is 36.3 Å². The zero-order valence-electron chi connectivity index (χ0n) is 20.5. The summed E-state index contributed by atoms with van der Waals surface area (Å²) in [5.74, 6) is 0.321. The maximum absolute atomic E-state index is 13.8. The minimum atomic E-state index is -0.847. The number of nitrogens with two attached hydrogens (primary N) is 1. The van der Waals surface area contributed by atoms with Crippen molar-refractivity contribution < 1.29 is 18.5 Å². The van der Waals surface area contributed by atoms with Gasteiger partial charge in [0.2, 0.25) is 5.91 Å². The van der Waals surface area contributed by atoms with Crippen LogP contribution in [0.1, 0.15) is 49.0 Å². The van der Waals surface area contributed by atoms with Gasteiger partial charge in [-0.25, -0.2) is 9.38 Å². The van der Waals surface area contributed by atoms with E-state index in [2.05, 4.69) is 22.1 Å². The summed E-state index contributed by atoms with van der Waals surface area (Å²) in [7, 11) is 0. The zero-order valence-corrected chi connectivity index (χ0v) is 20.5. The van der Waals surface area contributed by atoms with Crippen LogP contribution in [0.3, 0.4) is 0 Å². The zero-order chi connectivity index (χ0) is 25.9. The van der Waals surface area contributed by atoms with E-state index in [1.54, 1.807) is 30.5 Å². The van der Waals surface area contributed by atoms with Crippen molar-refractivity contribution in [3.8, 4) is 0 Å². The summed E-state index contributed by atoms with van der Waals surface area (Å²) >= 11 is 0. The number of amidine groups is 1. The van der Waals surface area contributed by atoms with E-state index >= 15 is 0 Å². The Morgan fingerprint density at radius 1 is 1.24 bits per heavy atom. The van der Waals surface area contributed by atoms with Crippen LogP contribution in [-0.4, -0.2) is 40.8 Å². The average molecular weight is 509 g/mol. The first-order valence-electron chi connectivity index (χ1n) is 12.4. The van der Waals surface area contributed by atoms with Gasteiger partial charge in [0.25, 0.3) is 0 Å². The number of likely N-dealkylation sites (tertiary alicyclic amines) is 1. The van der Waals surface area contributed by atoms with Gasteiger partial charge in [0.15, 0.2) is 0 Å². The van der Waals surface area contributed by atoms with Crippen LogP contribution >= 0.6 is 0 Å². The number of hydrogen-bond acceptors (Lipinski definition) is 7. The van der Waals surface area contributed by atoms with Crippen molar-refractivity contribution in [3.63, 3.8) is 0 Å². The minimum absolute atomic E-state index is 0.104. The number of nitrogens with one attached hydrogen (secondary N) is 2.